The number of carbonyl (C=O) groups excluding carboxylic acids is 1. The van der Waals surface area contributed by atoms with Crippen molar-refractivity contribution in [2.24, 2.45) is 0 Å². The number of rotatable bonds is 2. The lowest BCUT2D eigenvalue weighted by molar-refractivity contribution is -0.185. The lowest BCUT2D eigenvalue weighted by Crippen LogP contribution is -2.40. The highest BCUT2D eigenvalue weighted by Gasteiger charge is 2.41. The topological polar surface area (TPSA) is 20.3 Å². The Hall–Kier alpha value is -0.740. The molecular formula is C6H10F3NO. The third kappa shape index (κ3) is 2.78. The molecule has 0 aliphatic carbocycles. The number of amides is 1. The van der Waals surface area contributed by atoms with E-state index in [0.29, 0.717) is 0 Å². The molecular weight excluding hydrogens is 159 g/mol. The summed E-state index contributed by atoms with van der Waals surface area (Å²) in [7, 11) is 0. The van der Waals surface area contributed by atoms with Gasteiger partial charge in [-0.3, -0.25) is 4.79 Å². The summed E-state index contributed by atoms with van der Waals surface area (Å²) in [5.41, 5.74) is 0. The van der Waals surface area contributed by atoms with Crippen LogP contribution in [0.3, 0.4) is 0 Å². The molecule has 0 radical (unpaired) electrons. The Morgan fingerprint density at radius 3 is 1.73 bits per heavy atom. The quantitative estimate of drug-likeness (QED) is 0.612. The zero-order valence-electron chi connectivity index (χ0n) is 6.40. The van der Waals surface area contributed by atoms with Crippen molar-refractivity contribution in [1.29, 1.82) is 0 Å². The van der Waals surface area contributed by atoms with Crippen molar-refractivity contribution in [2.45, 2.75) is 20.0 Å². The van der Waals surface area contributed by atoms with E-state index in [1.165, 1.54) is 13.8 Å². The first-order chi connectivity index (χ1) is 4.93. The molecule has 0 aliphatic heterocycles. The van der Waals surface area contributed by atoms with E-state index in [-0.39, 0.29) is 13.1 Å². The molecule has 0 aromatic carbocycles. The first kappa shape index (κ1) is 10.3. The van der Waals surface area contributed by atoms with E-state index in [9.17, 15) is 18.0 Å². The molecule has 0 bridgehead atoms. The third-order valence-electron chi connectivity index (χ3n) is 1.29. The smallest absolute Gasteiger partial charge is 0.335 e. The Kier molecular flexibility index (Phi) is 3.35. The van der Waals surface area contributed by atoms with Crippen molar-refractivity contribution in [3.8, 4) is 0 Å². The third-order valence-corrected chi connectivity index (χ3v) is 1.29. The molecule has 0 spiro atoms. The van der Waals surface area contributed by atoms with Gasteiger partial charge in [-0.15, -0.1) is 0 Å². The maximum Gasteiger partial charge on any atom is 0.471 e. The average molecular weight is 169 g/mol. The summed E-state index contributed by atoms with van der Waals surface area (Å²) < 4.78 is 35.0. The second-order valence-corrected chi connectivity index (χ2v) is 1.98. The number of nitrogens with zero attached hydrogens (tertiary/aromatic N) is 1. The lowest BCUT2D eigenvalue weighted by Gasteiger charge is -2.19. The largest absolute Gasteiger partial charge is 0.471 e. The summed E-state index contributed by atoms with van der Waals surface area (Å²) >= 11 is 0. The second-order valence-electron chi connectivity index (χ2n) is 1.98. The molecule has 2 nitrogen and oxygen atoms in total. The van der Waals surface area contributed by atoms with Crippen LogP contribution in [0.25, 0.3) is 0 Å². The average Bonchev–Trinajstić information content (AvgIpc) is 1.88. The van der Waals surface area contributed by atoms with Crippen LogP contribution in [0.5, 0.6) is 0 Å². The van der Waals surface area contributed by atoms with Crippen molar-refractivity contribution in [1.82, 2.24) is 4.90 Å². The highest BCUT2D eigenvalue weighted by Crippen LogP contribution is 2.17. The van der Waals surface area contributed by atoms with Crippen LogP contribution >= 0.6 is 0 Å². The normalized spacial score (nSPS) is 11.4. The minimum absolute atomic E-state index is 0.0921. The van der Waals surface area contributed by atoms with Gasteiger partial charge < -0.3 is 4.90 Å². The van der Waals surface area contributed by atoms with Crippen LogP contribution < -0.4 is 0 Å². The highest BCUT2D eigenvalue weighted by molar-refractivity contribution is 5.81. The van der Waals surface area contributed by atoms with Gasteiger partial charge in [-0.2, -0.15) is 13.2 Å². The van der Waals surface area contributed by atoms with E-state index in [4.69, 9.17) is 0 Å². The second kappa shape index (κ2) is 3.59. The molecule has 0 aromatic heterocycles. The van der Waals surface area contributed by atoms with Gasteiger partial charge in [0.15, 0.2) is 0 Å². The molecule has 0 unspecified atom stereocenters. The molecule has 0 rings (SSSR count). The van der Waals surface area contributed by atoms with Crippen molar-refractivity contribution < 1.29 is 18.0 Å². The van der Waals surface area contributed by atoms with Crippen molar-refractivity contribution >= 4 is 5.91 Å². The number of alkyl halides is 3. The maximum atomic E-state index is 11.7. The summed E-state index contributed by atoms with van der Waals surface area (Å²) in [6, 6.07) is 0. The van der Waals surface area contributed by atoms with Gasteiger partial charge in [0, 0.05) is 13.1 Å². The van der Waals surface area contributed by atoms with Gasteiger partial charge in [-0.1, -0.05) is 0 Å². The number of hydrogen-bond acceptors (Lipinski definition) is 1. The van der Waals surface area contributed by atoms with Gasteiger partial charge >= 0.3 is 12.1 Å². The summed E-state index contributed by atoms with van der Waals surface area (Å²) in [5.74, 6) is -1.76. The predicted octanol–water partition coefficient (Wildman–Crippen LogP) is 1.42. The van der Waals surface area contributed by atoms with Crippen LogP contribution in [0.2, 0.25) is 0 Å². The Morgan fingerprint density at radius 2 is 1.64 bits per heavy atom. The minimum atomic E-state index is -4.73. The molecule has 0 aliphatic rings. The van der Waals surface area contributed by atoms with Crippen molar-refractivity contribution in [3.63, 3.8) is 0 Å². The van der Waals surface area contributed by atoms with E-state index in [1.807, 2.05) is 0 Å². The minimum Gasteiger partial charge on any atom is -0.335 e. The first-order valence-electron chi connectivity index (χ1n) is 3.29. The summed E-state index contributed by atoms with van der Waals surface area (Å²) in [4.78, 5) is 11.2. The lowest BCUT2D eigenvalue weighted by atomic mass is 10.4. The molecule has 0 fully saturated rings. The Balaban J connectivity index is 4.22. The monoisotopic (exact) mass is 169 g/mol. The van der Waals surface area contributed by atoms with Crippen LogP contribution in [0.15, 0.2) is 0 Å². The van der Waals surface area contributed by atoms with E-state index >= 15 is 0 Å². The van der Waals surface area contributed by atoms with Crippen LogP contribution in [0, 0.1) is 0 Å². The van der Waals surface area contributed by atoms with E-state index < -0.39 is 12.1 Å². The fourth-order valence-corrected chi connectivity index (χ4v) is 0.690. The molecule has 0 N–H and O–H groups in total. The molecule has 0 saturated heterocycles. The van der Waals surface area contributed by atoms with E-state index in [1.54, 1.807) is 0 Å². The molecule has 0 heterocycles. The fraction of sp³-hybridized carbons (Fsp3) is 0.833. The zero-order valence-corrected chi connectivity index (χ0v) is 6.40. The molecule has 11 heavy (non-hydrogen) atoms. The molecule has 0 saturated carbocycles. The molecule has 1 amide bonds. The zero-order chi connectivity index (χ0) is 9.07. The van der Waals surface area contributed by atoms with Gasteiger partial charge in [0.05, 0.1) is 0 Å². The van der Waals surface area contributed by atoms with E-state index in [0.717, 1.165) is 4.90 Å². The van der Waals surface area contributed by atoms with Crippen LogP contribution in [-0.4, -0.2) is 30.1 Å². The van der Waals surface area contributed by atoms with Gasteiger partial charge in [0.25, 0.3) is 0 Å². The summed E-state index contributed by atoms with van der Waals surface area (Å²) in [6.45, 7) is 3.20. The summed E-state index contributed by atoms with van der Waals surface area (Å²) in [6.07, 6.45) is -4.73. The van der Waals surface area contributed by atoms with Gasteiger partial charge in [0.1, 0.15) is 0 Å². The molecule has 66 valence electrons. The summed E-state index contributed by atoms with van der Waals surface area (Å²) in [5, 5.41) is 0. The van der Waals surface area contributed by atoms with Crippen LogP contribution in [0.1, 0.15) is 13.8 Å². The Morgan fingerprint density at radius 1 is 1.27 bits per heavy atom. The van der Waals surface area contributed by atoms with Gasteiger partial charge in [-0.25, -0.2) is 0 Å². The van der Waals surface area contributed by atoms with Gasteiger partial charge in [-0.05, 0) is 13.8 Å². The SMILES string of the molecule is CCN(CC)C(=O)C(F)(F)F. The standard InChI is InChI=1S/C6H10F3NO/c1-3-10(4-2)5(11)6(7,8)9/h3-4H2,1-2H3. The van der Waals surface area contributed by atoms with E-state index in [2.05, 4.69) is 0 Å². The Labute approximate surface area is 63.0 Å². The first-order valence-corrected chi connectivity index (χ1v) is 3.29. The van der Waals surface area contributed by atoms with Crippen LogP contribution in [-0.2, 0) is 4.79 Å². The number of carbonyl (C=O) groups is 1. The fourth-order valence-electron chi connectivity index (χ4n) is 0.690. The molecule has 0 atom stereocenters. The number of hydrogen-bond donors (Lipinski definition) is 0. The van der Waals surface area contributed by atoms with Gasteiger partial charge in [0.2, 0.25) is 0 Å². The number of halogens is 3. The molecule has 5 heteroatoms. The predicted molar refractivity (Wildman–Crippen MR) is 34.0 cm³/mol. The Bertz CT molecular complexity index is 139. The molecule has 0 aromatic rings. The van der Waals surface area contributed by atoms with Crippen LogP contribution in [0.4, 0.5) is 13.2 Å². The highest BCUT2D eigenvalue weighted by atomic mass is 19.4. The maximum absolute atomic E-state index is 11.7. The van der Waals surface area contributed by atoms with Crippen molar-refractivity contribution in [3.05, 3.63) is 0 Å². The van der Waals surface area contributed by atoms with Crippen molar-refractivity contribution in [2.75, 3.05) is 13.1 Å².